The number of amides is 1. The average Bonchev–Trinajstić information content (AvgIpc) is 2.78. The summed E-state index contributed by atoms with van der Waals surface area (Å²) in [6.45, 7) is 10.2. The molecule has 1 amide bonds. The molecule has 2 aromatic rings. The maximum atomic E-state index is 12.9. The Hall–Kier alpha value is -2.67. The van der Waals surface area contributed by atoms with E-state index in [1.807, 2.05) is 37.8 Å². The third kappa shape index (κ3) is 4.82. The largest absolute Gasteiger partial charge is 0.497 e. The fraction of sp³-hybridized carbons (Fsp3) is 0.542. The number of carbonyl (C=O) groups excluding carboxylic acids is 1. The van der Waals surface area contributed by atoms with Crippen LogP contribution in [0.5, 0.6) is 5.75 Å². The van der Waals surface area contributed by atoms with Gasteiger partial charge >= 0.3 is 0 Å². The third-order valence-electron chi connectivity index (χ3n) is 5.85. The SMILES string of the molecule is COc1ccc(Cc2nc3c(c(N4CCOCC4)n2)CN(C(=O)C(C)(C)C)CC3)cc1. The van der Waals surface area contributed by atoms with Crippen LogP contribution in [0.2, 0.25) is 0 Å². The molecule has 0 atom stereocenters. The van der Waals surface area contributed by atoms with Gasteiger partial charge < -0.3 is 19.3 Å². The molecule has 0 radical (unpaired) electrons. The summed E-state index contributed by atoms with van der Waals surface area (Å²) in [5.41, 5.74) is 2.91. The van der Waals surface area contributed by atoms with Crippen molar-refractivity contribution in [1.29, 1.82) is 0 Å². The molecule has 166 valence electrons. The Kier molecular flexibility index (Phi) is 6.14. The molecule has 4 rings (SSSR count). The summed E-state index contributed by atoms with van der Waals surface area (Å²) in [6, 6.07) is 8.04. The second-order valence-corrected chi connectivity index (χ2v) is 9.24. The molecule has 1 aromatic carbocycles. The summed E-state index contributed by atoms with van der Waals surface area (Å²) in [6.07, 6.45) is 1.42. The van der Waals surface area contributed by atoms with E-state index < -0.39 is 5.41 Å². The van der Waals surface area contributed by atoms with Gasteiger partial charge in [-0.15, -0.1) is 0 Å². The maximum Gasteiger partial charge on any atom is 0.228 e. The van der Waals surface area contributed by atoms with Crippen molar-refractivity contribution in [3.05, 3.63) is 46.9 Å². The van der Waals surface area contributed by atoms with Gasteiger partial charge in [0.1, 0.15) is 17.4 Å². The van der Waals surface area contributed by atoms with Gasteiger partial charge in [0, 0.05) is 43.5 Å². The Balaban J connectivity index is 1.66. The summed E-state index contributed by atoms with van der Waals surface area (Å²) in [7, 11) is 1.67. The highest BCUT2D eigenvalue weighted by molar-refractivity contribution is 5.82. The van der Waals surface area contributed by atoms with Crippen molar-refractivity contribution in [1.82, 2.24) is 14.9 Å². The number of benzene rings is 1. The van der Waals surface area contributed by atoms with Gasteiger partial charge in [-0.25, -0.2) is 9.97 Å². The lowest BCUT2D eigenvalue weighted by Gasteiger charge is -2.36. The molecule has 31 heavy (non-hydrogen) atoms. The number of ether oxygens (including phenoxy) is 2. The van der Waals surface area contributed by atoms with E-state index in [2.05, 4.69) is 17.0 Å². The molecule has 0 saturated carbocycles. The van der Waals surface area contributed by atoms with Gasteiger partial charge in [-0.05, 0) is 17.7 Å². The molecule has 0 aliphatic carbocycles. The predicted molar refractivity (Wildman–Crippen MR) is 119 cm³/mol. The first-order chi connectivity index (χ1) is 14.8. The van der Waals surface area contributed by atoms with Crippen molar-refractivity contribution in [3.8, 4) is 5.75 Å². The van der Waals surface area contributed by atoms with Crippen molar-refractivity contribution in [2.24, 2.45) is 5.41 Å². The van der Waals surface area contributed by atoms with E-state index in [1.54, 1.807) is 7.11 Å². The number of nitrogens with zero attached hydrogens (tertiary/aromatic N) is 4. The number of anilines is 1. The number of aromatic nitrogens is 2. The van der Waals surface area contributed by atoms with Crippen molar-refractivity contribution in [2.45, 2.75) is 40.2 Å². The summed E-state index contributed by atoms with van der Waals surface area (Å²) in [5.74, 6) is 2.80. The number of carbonyl (C=O) groups is 1. The molecule has 0 spiro atoms. The third-order valence-corrected chi connectivity index (χ3v) is 5.85. The van der Waals surface area contributed by atoms with E-state index >= 15 is 0 Å². The van der Waals surface area contributed by atoms with Gasteiger partial charge in [0.15, 0.2) is 0 Å². The fourth-order valence-electron chi connectivity index (χ4n) is 4.14. The molecule has 0 N–H and O–H groups in total. The molecule has 0 unspecified atom stereocenters. The number of methoxy groups -OCH3 is 1. The topological polar surface area (TPSA) is 67.8 Å². The average molecular weight is 425 g/mol. The van der Waals surface area contributed by atoms with Crippen LogP contribution in [0.4, 0.5) is 5.82 Å². The molecule has 7 heteroatoms. The van der Waals surface area contributed by atoms with Gasteiger partial charge in [0.25, 0.3) is 0 Å². The smallest absolute Gasteiger partial charge is 0.228 e. The maximum absolute atomic E-state index is 12.9. The van der Waals surface area contributed by atoms with Gasteiger partial charge in [-0.2, -0.15) is 0 Å². The van der Waals surface area contributed by atoms with E-state index in [9.17, 15) is 4.79 Å². The molecule has 2 aliphatic heterocycles. The standard InChI is InChI=1S/C24H32N4O3/c1-24(2,3)23(29)28-10-9-20-19(16-28)22(27-11-13-31-14-12-27)26-21(25-20)15-17-5-7-18(30-4)8-6-17/h5-8H,9-16H2,1-4H3. The predicted octanol–water partition coefficient (Wildman–Crippen LogP) is 2.84. The Morgan fingerprint density at radius 2 is 1.81 bits per heavy atom. The van der Waals surface area contributed by atoms with Crippen LogP contribution < -0.4 is 9.64 Å². The first kappa shape index (κ1) is 21.6. The molecule has 1 fully saturated rings. The van der Waals surface area contributed by atoms with Crippen LogP contribution in [-0.2, 0) is 28.9 Å². The highest BCUT2D eigenvalue weighted by atomic mass is 16.5. The summed E-state index contributed by atoms with van der Waals surface area (Å²) < 4.78 is 10.8. The van der Waals surface area contributed by atoms with Crippen molar-refractivity contribution in [2.75, 3.05) is 44.9 Å². The van der Waals surface area contributed by atoms with Crippen LogP contribution >= 0.6 is 0 Å². The second-order valence-electron chi connectivity index (χ2n) is 9.24. The fourth-order valence-corrected chi connectivity index (χ4v) is 4.14. The quantitative estimate of drug-likeness (QED) is 0.752. The monoisotopic (exact) mass is 424 g/mol. The van der Waals surface area contributed by atoms with Crippen LogP contribution in [0.1, 0.15) is 43.4 Å². The molecule has 0 bridgehead atoms. The molecular formula is C24H32N4O3. The van der Waals surface area contributed by atoms with Crippen molar-refractivity contribution in [3.63, 3.8) is 0 Å². The molecule has 1 saturated heterocycles. The van der Waals surface area contributed by atoms with Crippen LogP contribution in [0.15, 0.2) is 24.3 Å². The number of hydrogen-bond donors (Lipinski definition) is 0. The Bertz CT molecular complexity index is 931. The minimum atomic E-state index is -0.397. The van der Waals surface area contributed by atoms with Gasteiger partial charge in [0.05, 0.1) is 32.6 Å². The van der Waals surface area contributed by atoms with E-state index in [1.165, 1.54) is 0 Å². The molecule has 7 nitrogen and oxygen atoms in total. The zero-order chi connectivity index (χ0) is 22.0. The number of fused-ring (bicyclic) bond motifs is 1. The lowest BCUT2D eigenvalue weighted by Crippen LogP contribution is -2.44. The highest BCUT2D eigenvalue weighted by Gasteiger charge is 2.32. The van der Waals surface area contributed by atoms with Gasteiger partial charge in [-0.1, -0.05) is 32.9 Å². The van der Waals surface area contributed by atoms with E-state index in [4.69, 9.17) is 19.4 Å². The van der Waals surface area contributed by atoms with E-state index in [0.717, 1.165) is 53.7 Å². The molecular weight excluding hydrogens is 392 g/mol. The Morgan fingerprint density at radius 1 is 1.10 bits per heavy atom. The summed E-state index contributed by atoms with van der Waals surface area (Å²) in [4.78, 5) is 27.1. The van der Waals surface area contributed by atoms with Crippen molar-refractivity contribution < 1.29 is 14.3 Å². The lowest BCUT2D eigenvalue weighted by atomic mass is 9.93. The number of hydrogen-bond acceptors (Lipinski definition) is 6. The zero-order valence-corrected chi connectivity index (χ0v) is 19.0. The zero-order valence-electron chi connectivity index (χ0n) is 19.0. The first-order valence-electron chi connectivity index (χ1n) is 11.0. The second kappa shape index (κ2) is 8.83. The van der Waals surface area contributed by atoms with Crippen LogP contribution in [-0.4, -0.2) is 60.7 Å². The van der Waals surface area contributed by atoms with Gasteiger partial charge in [0.2, 0.25) is 5.91 Å². The van der Waals surface area contributed by atoms with Crippen molar-refractivity contribution >= 4 is 11.7 Å². The van der Waals surface area contributed by atoms with Crippen LogP contribution in [0, 0.1) is 5.41 Å². The number of rotatable bonds is 4. The summed E-state index contributed by atoms with van der Waals surface area (Å²) in [5, 5.41) is 0. The van der Waals surface area contributed by atoms with Gasteiger partial charge in [-0.3, -0.25) is 4.79 Å². The van der Waals surface area contributed by atoms with Crippen LogP contribution in [0.25, 0.3) is 0 Å². The van der Waals surface area contributed by atoms with E-state index in [0.29, 0.717) is 32.7 Å². The van der Waals surface area contributed by atoms with E-state index in [-0.39, 0.29) is 5.91 Å². The molecule has 1 aromatic heterocycles. The molecule has 2 aliphatic rings. The minimum absolute atomic E-state index is 0.174. The lowest BCUT2D eigenvalue weighted by molar-refractivity contribution is -0.140. The number of morpholine rings is 1. The minimum Gasteiger partial charge on any atom is -0.497 e. The Morgan fingerprint density at radius 3 is 2.45 bits per heavy atom. The summed E-state index contributed by atoms with van der Waals surface area (Å²) >= 11 is 0. The highest BCUT2D eigenvalue weighted by Crippen LogP contribution is 2.30. The first-order valence-corrected chi connectivity index (χ1v) is 11.0. The Labute approximate surface area is 184 Å². The normalized spacial score (nSPS) is 16.8. The molecule has 3 heterocycles. The van der Waals surface area contributed by atoms with Crippen LogP contribution in [0.3, 0.4) is 0 Å².